The number of hydrogen-bond acceptors (Lipinski definition) is 10. The molecule has 0 heterocycles. The maximum absolute atomic E-state index is 9.55. The van der Waals surface area contributed by atoms with E-state index in [4.69, 9.17) is 22.9 Å². The van der Waals surface area contributed by atoms with Gasteiger partial charge in [-0.1, -0.05) is 15.2 Å². The maximum Gasteiger partial charge on any atom is 2.00 e. The SMILES string of the molecule is NCCN.NCCN.O=P([O-])([O-])CP(=O)([O-])[O-].[Pd+2].[Pd+2]. The minimum Gasteiger partial charge on any atom is -0.810 e. The van der Waals surface area contributed by atoms with Crippen LogP contribution in [0.15, 0.2) is 0 Å². The molecule has 14 heteroatoms. The molecule has 0 amide bonds. The molecule has 0 saturated carbocycles. The fourth-order valence-electron chi connectivity index (χ4n) is 0.212. The Morgan fingerprint density at radius 2 is 0.789 bits per heavy atom. The summed E-state index contributed by atoms with van der Waals surface area (Å²) in [4.78, 5) is 38.2. The van der Waals surface area contributed by atoms with E-state index < -0.39 is 21.1 Å². The number of nitrogens with two attached hydrogens (primary N) is 4. The van der Waals surface area contributed by atoms with Crippen molar-refractivity contribution in [2.24, 2.45) is 22.9 Å². The van der Waals surface area contributed by atoms with Gasteiger partial charge < -0.3 is 51.6 Å². The summed E-state index contributed by atoms with van der Waals surface area (Å²) in [7, 11) is -10.4. The zero-order valence-corrected chi connectivity index (χ0v) is 14.7. The zero-order valence-electron chi connectivity index (χ0n) is 9.82. The Morgan fingerprint density at radius 3 is 0.789 bits per heavy atom. The van der Waals surface area contributed by atoms with E-state index in [1.807, 2.05) is 0 Å². The summed E-state index contributed by atoms with van der Waals surface area (Å²) >= 11 is 0. The van der Waals surface area contributed by atoms with Crippen LogP contribution in [-0.4, -0.2) is 32.1 Å². The Morgan fingerprint density at radius 1 is 0.632 bits per heavy atom. The van der Waals surface area contributed by atoms with E-state index in [2.05, 4.69) is 0 Å². The molecule has 0 aliphatic rings. The van der Waals surface area contributed by atoms with Gasteiger partial charge in [0, 0.05) is 32.1 Å². The zero-order chi connectivity index (χ0) is 14.5. The summed E-state index contributed by atoms with van der Waals surface area (Å²) in [6, 6.07) is 0. The fraction of sp³-hybridized carbons (Fsp3) is 1.00. The van der Waals surface area contributed by atoms with Crippen LogP contribution in [-0.2, 0) is 50.0 Å². The van der Waals surface area contributed by atoms with Gasteiger partial charge in [0.2, 0.25) is 0 Å². The van der Waals surface area contributed by atoms with Crippen LogP contribution < -0.4 is 42.5 Å². The molecule has 0 aromatic rings. The molecule has 124 valence electrons. The van der Waals surface area contributed by atoms with E-state index in [1.54, 1.807) is 0 Å². The van der Waals surface area contributed by atoms with Crippen molar-refractivity contribution < 1.29 is 69.5 Å². The van der Waals surface area contributed by atoms with Crippen molar-refractivity contribution >= 4 is 15.2 Å². The molecule has 0 aromatic heterocycles. The van der Waals surface area contributed by atoms with Crippen LogP contribution in [0.25, 0.3) is 0 Å². The Balaban J connectivity index is -0.0000000560. The first-order valence-corrected chi connectivity index (χ1v) is 7.82. The van der Waals surface area contributed by atoms with Gasteiger partial charge in [-0.15, -0.1) is 0 Å². The summed E-state index contributed by atoms with van der Waals surface area (Å²) in [5.41, 5.74) is 19.6. The predicted octanol–water partition coefficient (Wildman–Crippen LogP) is -5.43. The van der Waals surface area contributed by atoms with E-state index in [9.17, 15) is 28.7 Å². The molecule has 0 saturated heterocycles. The van der Waals surface area contributed by atoms with E-state index in [-0.39, 0.29) is 40.8 Å². The van der Waals surface area contributed by atoms with Crippen molar-refractivity contribution in [3.8, 4) is 0 Å². The monoisotopic (exact) mass is 504 g/mol. The predicted molar refractivity (Wildman–Crippen MR) is 56.3 cm³/mol. The first-order chi connectivity index (χ1) is 7.54. The number of hydrogen-bond donors (Lipinski definition) is 4. The first-order valence-electron chi connectivity index (χ1n) is 4.36. The largest absolute Gasteiger partial charge is 2.00 e. The quantitative estimate of drug-likeness (QED) is 0.209. The second-order valence-corrected chi connectivity index (χ2v) is 6.09. The average molecular weight is 505 g/mol. The minimum absolute atomic E-state index is 0. The van der Waals surface area contributed by atoms with Gasteiger partial charge in [0.05, 0.1) is 0 Å². The van der Waals surface area contributed by atoms with Crippen molar-refractivity contribution in [3.05, 3.63) is 0 Å². The molecular weight excluding hydrogens is 487 g/mol. The number of rotatable bonds is 4. The molecule has 0 atom stereocenters. The smallest absolute Gasteiger partial charge is 0.810 e. The molecule has 10 nitrogen and oxygen atoms in total. The van der Waals surface area contributed by atoms with Crippen molar-refractivity contribution in [1.82, 2.24) is 0 Å². The molecular formula is C5H18N4O6P2Pd2. The molecule has 0 aliphatic carbocycles. The molecule has 0 spiro atoms. The molecule has 19 heavy (non-hydrogen) atoms. The second kappa shape index (κ2) is 19.5. The van der Waals surface area contributed by atoms with Crippen LogP contribution in [0.3, 0.4) is 0 Å². The molecule has 0 fully saturated rings. The van der Waals surface area contributed by atoms with Crippen molar-refractivity contribution in [2.75, 3.05) is 32.1 Å². The Hall–Kier alpha value is 1.46. The van der Waals surface area contributed by atoms with Gasteiger partial charge in [0.25, 0.3) is 0 Å². The fourth-order valence-corrected chi connectivity index (χ4v) is 1.91. The van der Waals surface area contributed by atoms with Gasteiger partial charge in [-0.2, -0.15) is 0 Å². The summed E-state index contributed by atoms with van der Waals surface area (Å²) < 4.78 is 19.1. The third-order valence-corrected chi connectivity index (χ3v) is 3.45. The van der Waals surface area contributed by atoms with E-state index >= 15 is 0 Å². The average Bonchev–Trinajstić information content (AvgIpc) is 2.13. The van der Waals surface area contributed by atoms with Gasteiger partial charge >= 0.3 is 40.8 Å². The Labute approximate surface area is 139 Å². The molecule has 0 aliphatic heterocycles. The normalized spacial score (nSPS) is 9.68. The third-order valence-electron chi connectivity index (χ3n) is 0.680. The molecule has 0 unspecified atom stereocenters. The van der Waals surface area contributed by atoms with Crippen LogP contribution in [0.2, 0.25) is 0 Å². The summed E-state index contributed by atoms with van der Waals surface area (Å²) in [5.74, 6) is -1.82. The first kappa shape index (κ1) is 32.4. The molecule has 0 radical (unpaired) electrons. The molecule has 0 aromatic carbocycles. The van der Waals surface area contributed by atoms with E-state index in [1.165, 1.54) is 0 Å². The van der Waals surface area contributed by atoms with Gasteiger partial charge in [-0.05, 0) is 0 Å². The third kappa shape index (κ3) is 66.3. The maximum atomic E-state index is 9.55. The topological polar surface area (TPSA) is 230 Å². The van der Waals surface area contributed by atoms with Gasteiger partial charge in [0.1, 0.15) is 0 Å². The molecule has 0 bridgehead atoms. The molecule has 8 N–H and O–H groups in total. The minimum atomic E-state index is -5.18. The molecule has 0 rings (SSSR count). The second-order valence-electron chi connectivity index (χ2n) is 2.52. The van der Waals surface area contributed by atoms with Crippen molar-refractivity contribution in [1.29, 1.82) is 0 Å². The summed E-state index contributed by atoms with van der Waals surface area (Å²) in [5, 5.41) is 0. The van der Waals surface area contributed by atoms with E-state index in [0.717, 1.165) is 0 Å². The summed E-state index contributed by atoms with van der Waals surface area (Å²) in [6.45, 7) is 2.39. The van der Waals surface area contributed by atoms with Gasteiger partial charge in [0.15, 0.2) is 0 Å². The standard InChI is InChI=1S/2C2H8N2.CH6O6P2.2Pd/c2*3-1-2-4;2-8(3,4)1-9(5,6)7;;/h2*1-4H2;1H2,(H2,2,3,4)(H2,5,6,7);;/q;;;2*+2/p-4. The van der Waals surface area contributed by atoms with E-state index in [0.29, 0.717) is 26.2 Å². The van der Waals surface area contributed by atoms with Crippen molar-refractivity contribution in [3.63, 3.8) is 0 Å². The van der Waals surface area contributed by atoms with Gasteiger partial charge in [-0.25, -0.2) is 0 Å². The van der Waals surface area contributed by atoms with Crippen LogP contribution in [0.5, 0.6) is 0 Å². The van der Waals surface area contributed by atoms with Crippen molar-refractivity contribution in [2.45, 2.75) is 0 Å². The Bertz CT molecular complexity index is 222. The van der Waals surface area contributed by atoms with Crippen LogP contribution in [0, 0.1) is 0 Å². The summed E-state index contributed by atoms with van der Waals surface area (Å²) in [6.07, 6.45) is 0. The van der Waals surface area contributed by atoms with Crippen LogP contribution >= 0.6 is 15.2 Å². The van der Waals surface area contributed by atoms with Gasteiger partial charge in [-0.3, -0.25) is 0 Å². The van der Waals surface area contributed by atoms with Crippen LogP contribution in [0.4, 0.5) is 0 Å². The van der Waals surface area contributed by atoms with Crippen LogP contribution in [0.1, 0.15) is 0 Å². The Kier molecular flexibility index (Phi) is 33.2.